The van der Waals surface area contributed by atoms with Crippen molar-refractivity contribution in [2.45, 2.75) is 25.8 Å². The summed E-state index contributed by atoms with van der Waals surface area (Å²) in [7, 11) is 2.10. The molecule has 1 heterocycles. The maximum atomic E-state index is 11.9. The maximum absolute atomic E-state index is 11.9. The molecule has 1 fully saturated rings. The zero-order valence-electron chi connectivity index (χ0n) is 11.6. The van der Waals surface area contributed by atoms with Gasteiger partial charge in [-0.2, -0.15) is 0 Å². The number of pyridine rings is 1. The summed E-state index contributed by atoms with van der Waals surface area (Å²) in [5.41, 5.74) is 1.41. The van der Waals surface area contributed by atoms with Crippen molar-refractivity contribution in [3.63, 3.8) is 0 Å². The molecule has 0 atom stereocenters. The van der Waals surface area contributed by atoms with Crippen LogP contribution < -0.4 is 10.6 Å². The van der Waals surface area contributed by atoms with E-state index in [4.69, 9.17) is 0 Å². The van der Waals surface area contributed by atoms with Crippen LogP contribution in [-0.2, 0) is 0 Å². The average molecular weight is 262 g/mol. The molecule has 104 valence electrons. The molecule has 0 radical (unpaired) electrons. The largest absolute Gasteiger partial charge is 0.384 e. The first-order valence-corrected chi connectivity index (χ1v) is 6.89. The minimum absolute atomic E-state index is 0.104. The molecule has 1 saturated carbocycles. The Morgan fingerprint density at radius 2 is 2.26 bits per heavy atom. The van der Waals surface area contributed by atoms with Crippen LogP contribution in [0.15, 0.2) is 18.3 Å². The first-order valence-electron chi connectivity index (χ1n) is 6.89. The molecule has 1 aliphatic carbocycles. The van der Waals surface area contributed by atoms with Crippen LogP contribution in [0.3, 0.4) is 0 Å². The van der Waals surface area contributed by atoms with Crippen molar-refractivity contribution in [3.05, 3.63) is 24.0 Å². The first kappa shape index (κ1) is 13.8. The van der Waals surface area contributed by atoms with E-state index < -0.39 is 0 Å². The van der Waals surface area contributed by atoms with E-state index in [2.05, 4.69) is 27.6 Å². The van der Waals surface area contributed by atoms with Crippen molar-refractivity contribution in [1.82, 2.24) is 15.2 Å². The standard InChI is InChI=1S/C14H22N4O/c1-3-15-11-4-7-13(17-10-11)14(19)16-8-9-18(2)12-5-6-12/h4,7,10,12,15H,3,5-6,8-9H2,1-2H3,(H,16,19). The smallest absolute Gasteiger partial charge is 0.269 e. The molecule has 0 saturated heterocycles. The van der Waals surface area contributed by atoms with Gasteiger partial charge < -0.3 is 15.5 Å². The van der Waals surface area contributed by atoms with Gasteiger partial charge in [0.2, 0.25) is 0 Å². The van der Waals surface area contributed by atoms with Gasteiger partial charge in [0.25, 0.3) is 5.91 Å². The Morgan fingerprint density at radius 1 is 1.47 bits per heavy atom. The lowest BCUT2D eigenvalue weighted by atomic mass is 10.3. The number of carbonyl (C=O) groups excluding carboxylic acids is 1. The summed E-state index contributed by atoms with van der Waals surface area (Å²) in [5, 5.41) is 6.05. The molecule has 0 aromatic carbocycles. The molecule has 19 heavy (non-hydrogen) atoms. The van der Waals surface area contributed by atoms with Gasteiger partial charge in [-0.15, -0.1) is 0 Å². The Morgan fingerprint density at radius 3 is 2.84 bits per heavy atom. The molecule has 1 aliphatic rings. The van der Waals surface area contributed by atoms with E-state index >= 15 is 0 Å². The van der Waals surface area contributed by atoms with Crippen molar-refractivity contribution in [1.29, 1.82) is 0 Å². The average Bonchev–Trinajstić information content (AvgIpc) is 3.24. The van der Waals surface area contributed by atoms with Crippen LogP contribution in [0.1, 0.15) is 30.3 Å². The fraction of sp³-hybridized carbons (Fsp3) is 0.571. The highest BCUT2D eigenvalue weighted by Gasteiger charge is 2.25. The Balaban J connectivity index is 1.75. The lowest BCUT2D eigenvalue weighted by Gasteiger charge is -2.15. The lowest BCUT2D eigenvalue weighted by Crippen LogP contribution is -2.34. The first-order chi connectivity index (χ1) is 9.20. The third kappa shape index (κ3) is 4.21. The second-order valence-corrected chi connectivity index (χ2v) is 4.93. The number of carbonyl (C=O) groups is 1. The quantitative estimate of drug-likeness (QED) is 0.778. The molecule has 2 N–H and O–H groups in total. The number of anilines is 1. The molecule has 0 aliphatic heterocycles. The predicted molar refractivity (Wildman–Crippen MR) is 76.4 cm³/mol. The molecular weight excluding hydrogens is 240 g/mol. The van der Waals surface area contributed by atoms with Gasteiger partial charge in [-0.1, -0.05) is 0 Å². The highest BCUT2D eigenvalue weighted by atomic mass is 16.1. The van der Waals surface area contributed by atoms with Gasteiger partial charge in [0.05, 0.1) is 11.9 Å². The van der Waals surface area contributed by atoms with Crippen LogP contribution in [-0.4, -0.2) is 48.5 Å². The van der Waals surface area contributed by atoms with E-state index in [1.807, 2.05) is 13.0 Å². The molecule has 0 spiro atoms. The van der Waals surface area contributed by atoms with Crippen LogP contribution >= 0.6 is 0 Å². The summed E-state index contributed by atoms with van der Waals surface area (Å²) in [6.07, 6.45) is 4.27. The zero-order chi connectivity index (χ0) is 13.7. The minimum atomic E-state index is -0.104. The molecule has 0 unspecified atom stereocenters. The predicted octanol–water partition coefficient (Wildman–Crippen LogP) is 1.34. The van der Waals surface area contributed by atoms with Crippen LogP contribution in [0.4, 0.5) is 5.69 Å². The third-order valence-electron chi connectivity index (χ3n) is 3.30. The number of hydrogen-bond donors (Lipinski definition) is 2. The van der Waals surface area contributed by atoms with E-state index in [9.17, 15) is 4.79 Å². The van der Waals surface area contributed by atoms with E-state index in [-0.39, 0.29) is 5.91 Å². The summed E-state index contributed by atoms with van der Waals surface area (Å²) >= 11 is 0. The highest BCUT2D eigenvalue weighted by Crippen LogP contribution is 2.24. The number of hydrogen-bond acceptors (Lipinski definition) is 4. The number of aromatic nitrogens is 1. The molecular formula is C14H22N4O. The van der Waals surface area contributed by atoms with Crippen molar-refractivity contribution < 1.29 is 4.79 Å². The molecule has 1 aromatic heterocycles. The molecule has 1 amide bonds. The van der Waals surface area contributed by atoms with Gasteiger partial charge in [-0.25, -0.2) is 4.98 Å². The monoisotopic (exact) mass is 262 g/mol. The third-order valence-corrected chi connectivity index (χ3v) is 3.30. The number of nitrogens with zero attached hydrogens (tertiary/aromatic N) is 2. The molecule has 5 nitrogen and oxygen atoms in total. The van der Waals surface area contributed by atoms with Gasteiger partial charge in [0.1, 0.15) is 5.69 Å². The van der Waals surface area contributed by atoms with Crippen molar-refractivity contribution >= 4 is 11.6 Å². The van der Waals surface area contributed by atoms with E-state index in [0.29, 0.717) is 12.2 Å². The minimum Gasteiger partial charge on any atom is -0.384 e. The maximum Gasteiger partial charge on any atom is 0.269 e. The van der Waals surface area contributed by atoms with Crippen LogP contribution in [0.25, 0.3) is 0 Å². The summed E-state index contributed by atoms with van der Waals surface area (Å²) < 4.78 is 0. The van der Waals surface area contributed by atoms with Gasteiger partial charge in [0, 0.05) is 25.7 Å². The van der Waals surface area contributed by atoms with E-state index in [1.165, 1.54) is 12.8 Å². The number of amides is 1. The van der Waals surface area contributed by atoms with Gasteiger partial charge in [-0.3, -0.25) is 4.79 Å². The second-order valence-electron chi connectivity index (χ2n) is 4.93. The Bertz CT molecular complexity index is 414. The zero-order valence-corrected chi connectivity index (χ0v) is 11.6. The summed E-state index contributed by atoms with van der Waals surface area (Å²) in [6.45, 7) is 4.44. The van der Waals surface area contributed by atoms with Crippen molar-refractivity contribution in [3.8, 4) is 0 Å². The second kappa shape index (κ2) is 6.52. The van der Waals surface area contributed by atoms with E-state index in [1.54, 1.807) is 12.3 Å². The summed E-state index contributed by atoms with van der Waals surface area (Å²) in [5.74, 6) is -0.104. The highest BCUT2D eigenvalue weighted by molar-refractivity contribution is 5.92. The number of nitrogens with one attached hydrogen (secondary N) is 2. The Labute approximate surface area is 114 Å². The van der Waals surface area contributed by atoms with Crippen molar-refractivity contribution in [2.24, 2.45) is 0 Å². The van der Waals surface area contributed by atoms with Crippen LogP contribution in [0.2, 0.25) is 0 Å². The van der Waals surface area contributed by atoms with Crippen molar-refractivity contribution in [2.75, 3.05) is 32.0 Å². The lowest BCUT2D eigenvalue weighted by molar-refractivity contribution is 0.0944. The Kier molecular flexibility index (Phi) is 4.74. The van der Waals surface area contributed by atoms with Crippen LogP contribution in [0.5, 0.6) is 0 Å². The molecule has 2 rings (SSSR count). The number of likely N-dealkylation sites (N-methyl/N-ethyl adjacent to an activating group) is 1. The van der Waals surface area contributed by atoms with Crippen LogP contribution in [0, 0.1) is 0 Å². The van der Waals surface area contributed by atoms with E-state index in [0.717, 1.165) is 24.8 Å². The topological polar surface area (TPSA) is 57.3 Å². The SMILES string of the molecule is CCNc1ccc(C(=O)NCCN(C)C2CC2)nc1. The fourth-order valence-corrected chi connectivity index (χ4v) is 1.97. The van der Waals surface area contributed by atoms with Gasteiger partial charge in [-0.05, 0) is 38.9 Å². The number of rotatable bonds is 7. The summed E-state index contributed by atoms with van der Waals surface area (Å²) in [4.78, 5) is 18.3. The fourth-order valence-electron chi connectivity index (χ4n) is 1.97. The summed E-state index contributed by atoms with van der Waals surface area (Å²) in [6, 6.07) is 4.36. The molecule has 0 bridgehead atoms. The normalized spacial score (nSPS) is 14.5. The molecule has 1 aromatic rings. The van der Waals surface area contributed by atoms with Gasteiger partial charge in [0.15, 0.2) is 0 Å². The van der Waals surface area contributed by atoms with Gasteiger partial charge >= 0.3 is 0 Å². The Hall–Kier alpha value is -1.62. The molecule has 5 heteroatoms.